The lowest BCUT2D eigenvalue weighted by atomic mass is 9.74. The molecule has 1 saturated heterocycles. The molecule has 0 bridgehead atoms. The first-order valence-electron chi connectivity index (χ1n) is 10.3. The van der Waals surface area contributed by atoms with Crippen molar-refractivity contribution in [1.29, 1.82) is 0 Å². The van der Waals surface area contributed by atoms with E-state index in [2.05, 4.69) is 53.7 Å². The van der Waals surface area contributed by atoms with E-state index in [1.54, 1.807) is 7.11 Å². The molecule has 0 amide bonds. The molecule has 0 saturated carbocycles. The molecule has 0 spiro atoms. The molecule has 2 N–H and O–H groups in total. The highest BCUT2D eigenvalue weighted by molar-refractivity contribution is 14.0. The fourth-order valence-electron chi connectivity index (χ4n) is 3.73. The van der Waals surface area contributed by atoms with E-state index in [9.17, 15) is 0 Å². The number of methoxy groups -OCH3 is 1. The fourth-order valence-corrected chi connectivity index (χ4v) is 3.73. The highest BCUT2D eigenvalue weighted by atomic mass is 127. The van der Waals surface area contributed by atoms with Crippen molar-refractivity contribution in [3.63, 3.8) is 0 Å². The molecule has 0 aromatic heterocycles. The third-order valence-corrected chi connectivity index (χ3v) is 5.59. The van der Waals surface area contributed by atoms with Gasteiger partial charge < -0.3 is 20.1 Å². The van der Waals surface area contributed by atoms with Crippen molar-refractivity contribution >= 4 is 29.9 Å². The molecule has 0 radical (unpaired) electrons. The first kappa shape index (κ1) is 25.0. The molecule has 2 rings (SSSR count). The minimum atomic E-state index is 0. The van der Waals surface area contributed by atoms with Gasteiger partial charge in [0, 0.05) is 38.3 Å². The van der Waals surface area contributed by atoms with Gasteiger partial charge in [0.05, 0.1) is 7.11 Å². The van der Waals surface area contributed by atoms with Crippen LogP contribution in [-0.4, -0.2) is 45.9 Å². The van der Waals surface area contributed by atoms with Gasteiger partial charge in [-0.2, -0.15) is 0 Å². The normalized spacial score (nSPS) is 17.4. The SMILES string of the molecule is CCCCCC(C)NC(=NC)NCC1(c2ccc(OC)cc2)CCOCC1.I. The molecule has 1 unspecified atom stereocenters. The largest absolute Gasteiger partial charge is 0.497 e. The third-order valence-electron chi connectivity index (χ3n) is 5.59. The van der Waals surface area contributed by atoms with Crippen LogP contribution in [0.5, 0.6) is 5.75 Å². The van der Waals surface area contributed by atoms with Crippen molar-refractivity contribution in [3.05, 3.63) is 29.8 Å². The van der Waals surface area contributed by atoms with E-state index >= 15 is 0 Å². The zero-order valence-electron chi connectivity index (χ0n) is 17.9. The van der Waals surface area contributed by atoms with Gasteiger partial charge in [-0.25, -0.2) is 0 Å². The predicted molar refractivity (Wildman–Crippen MR) is 128 cm³/mol. The quantitative estimate of drug-likeness (QED) is 0.226. The van der Waals surface area contributed by atoms with Gasteiger partial charge in [0.1, 0.15) is 5.75 Å². The lowest BCUT2D eigenvalue weighted by Crippen LogP contribution is -2.49. The maximum absolute atomic E-state index is 5.65. The van der Waals surface area contributed by atoms with Gasteiger partial charge >= 0.3 is 0 Å². The van der Waals surface area contributed by atoms with E-state index < -0.39 is 0 Å². The Morgan fingerprint density at radius 2 is 1.89 bits per heavy atom. The summed E-state index contributed by atoms with van der Waals surface area (Å²) in [5.74, 6) is 1.78. The molecule has 1 atom stereocenters. The van der Waals surface area contributed by atoms with Crippen molar-refractivity contribution < 1.29 is 9.47 Å². The Bertz CT molecular complexity index is 572. The van der Waals surface area contributed by atoms with Crippen LogP contribution in [0.15, 0.2) is 29.3 Å². The monoisotopic (exact) mass is 503 g/mol. The molecule has 5 nitrogen and oxygen atoms in total. The number of nitrogens with one attached hydrogen (secondary N) is 2. The van der Waals surface area contributed by atoms with Gasteiger partial charge in [-0.3, -0.25) is 4.99 Å². The van der Waals surface area contributed by atoms with Gasteiger partial charge in [0.2, 0.25) is 0 Å². The smallest absolute Gasteiger partial charge is 0.191 e. The van der Waals surface area contributed by atoms with Crippen LogP contribution >= 0.6 is 24.0 Å². The predicted octanol–water partition coefficient (Wildman–Crippen LogP) is 4.50. The summed E-state index contributed by atoms with van der Waals surface area (Å²) in [5, 5.41) is 7.12. The van der Waals surface area contributed by atoms with Crippen molar-refractivity contribution in [2.45, 2.75) is 63.8 Å². The Labute approximate surface area is 188 Å². The van der Waals surface area contributed by atoms with Crippen LogP contribution in [0.1, 0.15) is 57.9 Å². The molecule has 1 aliphatic heterocycles. The average molecular weight is 503 g/mol. The molecule has 1 heterocycles. The minimum absolute atomic E-state index is 0. The maximum atomic E-state index is 5.65. The van der Waals surface area contributed by atoms with Gasteiger partial charge in [-0.05, 0) is 43.9 Å². The first-order valence-corrected chi connectivity index (χ1v) is 10.3. The number of hydrogen-bond donors (Lipinski definition) is 2. The topological polar surface area (TPSA) is 54.9 Å². The van der Waals surface area contributed by atoms with E-state index in [1.807, 2.05) is 7.05 Å². The van der Waals surface area contributed by atoms with Crippen LogP contribution in [0.25, 0.3) is 0 Å². The molecule has 28 heavy (non-hydrogen) atoms. The highest BCUT2D eigenvalue weighted by Crippen LogP contribution is 2.35. The van der Waals surface area contributed by atoms with E-state index in [0.29, 0.717) is 6.04 Å². The molecular weight excluding hydrogens is 465 g/mol. The van der Waals surface area contributed by atoms with Crippen LogP contribution in [0.3, 0.4) is 0 Å². The molecule has 0 aliphatic carbocycles. The van der Waals surface area contributed by atoms with Crippen molar-refractivity contribution in [3.8, 4) is 5.75 Å². The van der Waals surface area contributed by atoms with Crippen LogP contribution in [0.4, 0.5) is 0 Å². The number of halogens is 1. The molecule has 6 heteroatoms. The number of guanidine groups is 1. The van der Waals surface area contributed by atoms with Crippen LogP contribution in [0.2, 0.25) is 0 Å². The fraction of sp³-hybridized carbons (Fsp3) is 0.682. The molecule has 1 aliphatic rings. The summed E-state index contributed by atoms with van der Waals surface area (Å²) in [6, 6.07) is 8.91. The number of aliphatic imine (C=N–C) groups is 1. The van der Waals surface area contributed by atoms with E-state index in [1.165, 1.54) is 31.2 Å². The summed E-state index contributed by atoms with van der Waals surface area (Å²) in [4.78, 5) is 4.44. The molecular formula is C22H38IN3O2. The Kier molecular flexibility index (Phi) is 11.8. The molecule has 1 fully saturated rings. The number of rotatable bonds is 9. The second kappa shape index (κ2) is 13.2. The first-order chi connectivity index (χ1) is 13.1. The summed E-state index contributed by atoms with van der Waals surface area (Å²) in [5.41, 5.74) is 1.40. The average Bonchev–Trinajstić information content (AvgIpc) is 2.72. The number of hydrogen-bond acceptors (Lipinski definition) is 3. The number of unbranched alkanes of at least 4 members (excludes halogenated alkanes) is 2. The Hall–Kier alpha value is -1.02. The summed E-state index contributed by atoms with van der Waals surface area (Å²) < 4.78 is 11.0. The van der Waals surface area contributed by atoms with E-state index in [4.69, 9.17) is 9.47 Å². The third kappa shape index (κ3) is 7.43. The summed E-state index contributed by atoms with van der Waals surface area (Å²) in [6.07, 6.45) is 7.00. The zero-order chi connectivity index (χ0) is 19.5. The van der Waals surface area contributed by atoms with Gasteiger partial charge in [-0.1, -0.05) is 38.3 Å². The lowest BCUT2D eigenvalue weighted by molar-refractivity contribution is 0.0513. The molecule has 160 valence electrons. The summed E-state index contributed by atoms with van der Waals surface area (Å²) in [6.45, 7) is 6.92. The second-order valence-corrected chi connectivity index (χ2v) is 7.59. The Balaban J connectivity index is 0.00000392. The van der Waals surface area contributed by atoms with Crippen LogP contribution in [0, 0.1) is 0 Å². The second-order valence-electron chi connectivity index (χ2n) is 7.59. The van der Waals surface area contributed by atoms with Crippen molar-refractivity contribution in [2.24, 2.45) is 4.99 Å². The summed E-state index contributed by atoms with van der Waals surface area (Å²) in [7, 11) is 3.55. The standard InChI is InChI=1S/C22H37N3O2.HI/c1-5-6-7-8-18(2)25-21(23-3)24-17-22(13-15-27-16-14-22)19-9-11-20(26-4)12-10-19;/h9-12,18H,5-8,13-17H2,1-4H3,(H2,23,24,25);1H. The minimum Gasteiger partial charge on any atom is -0.497 e. The zero-order valence-corrected chi connectivity index (χ0v) is 20.3. The van der Waals surface area contributed by atoms with Gasteiger partial charge in [0.25, 0.3) is 0 Å². The number of ether oxygens (including phenoxy) is 2. The highest BCUT2D eigenvalue weighted by Gasteiger charge is 2.34. The van der Waals surface area contributed by atoms with Gasteiger partial charge in [-0.15, -0.1) is 24.0 Å². The number of nitrogens with zero attached hydrogens (tertiary/aromatic N) is 1. The Morgan fingerprint density at radius 1 is 1.21 bits per heavy atom. The van der Waals surface area contributed by atoms with E-state index in [-0.39, 0.29) is 29.4 Å². The van der Waals surface area contributed by atoms with Crippen LogP contribution in [-0.2, 0) is 10.2 Å². The Morgan fingerprint density at radius 3 is 2.46 bits per heavy atom. The van der Waals surface area contributed by atoms with Crippen molar-refractivity contribution in [2.75, 3.05) is 33.9 Å². The van der Waals surface area contributed by atoms with Crippen LogP contribution < -0.4 is 15.4 Å². The van der Waals surface area contributed by atoms with Gasteiger partial charge in [0.15, 0.2) is 5.96 Å². The summed E-state index contributed by atoms with van der Waals surface area (Å²) >= 11 is 0. The maximum Gasteiger partial charge on any atom is 0.191 e. The lowest BCUT2D eigenvalue weighted by Gasteiger charge is -2.38. The van der Waals surface area contributed by atoms with E-state index in [0.717, 1.165) is 44.3 Å². The number of benzene rings is 1. The molecule has 1 aromatic carbocycles. The van der Waals surface area contributed by atoms with Crippen molar-refractivity contribution in [1.82, 2.24) is 10.6 Å². The molecule has 1 aromatic rings.